The summed E-state index contributed by atoms with van der Waals surface area (Å²) in [6.45, 7) is 9.90. The molecule has 0 aliphatic heterocycles. The first-order chi connectivity index (χ1) is 12.8. The maximum Gasteiger partial charge on any atom is 0.232 e. The largest absolute Gasteiger partial charge is 0.357 e. The number of benzene rings is 1. The van der Waals surface area contributed by atoms with Gasteiger partial charge in [0.1, 0.15) is 12.4 Å². The van der Waals surface area contributed by atoms with E-state index in [0.717, 1.165) is 24.9 Å². The van der Waals surface area contributed by atoms with Gasteiger partial charge in [-0.25, -0.2) is 9.38 Å². The number of aromatic nitrogens is 2. The lowest BCUT2D eigenvalue weighted by Crippen LogP contribution is -2.41. The van der Waals surface area contributed by atoms with E-state index in [1.165, 1.54) is 6.07 Å². The van der Waals surface area contributed by atoms with Crippen molar-refractivity contribution in [3.8, 4) is 0 Å². The SMILES string of the molecule is CCNC(=NCc1noc(C(C)(C)C)n1)NCC1(c2cccc(F)c2)CC1. The van der Waals surface area contributed by atoms with E-state index in [0.29, 0.717) is 30.8 Å². The van der Waals surface area contributed by atoms with Gasteiger partial charge >= 0.3 is 0 Å². The van der Waals surface area contributed by atoms with Gasteiger partial charge in [-0.1, -0.05) is 38.1 Å². The summed E-state index contributed by atoms with van der Waals surface area (Å²) in [5.74, 6) is 1.67. The van der Waals surface area contributed by atoms with Crippen LogP contribution in [0.15, 0.2) is 33.8 Å². The van der Waals surface area contributed by atoms with Crippen molar-refractivity contribution in [2.75, 3.05) is 13.1 Å². The molecule has 3 rings (SSSR count). The van der Waals surface area contributed by atoms with Crippen molar-refractivity contribution >= 4 is 5.96 Å². The standard InChI is InChI=1S/C20H28FN5O/c1-5-22-18(23-12-16-25-17(27-26-16)19(2,3)4)24-13-20(9-10-20)14-7-6-8-15(21)11-14/h6-8,11H,5,9-10,12-13H2,1-4H3,(H2,22,23,24). The van der Waals surface area contributed by atoms with Gasteiger partial charge in [0.15, 0.2) is 11.8 Å². The molecule has 7 heteroatoms. The third-order valence-corrected chi connectivity index (χ3v) is 4.72. The molecule has 1 saturated carbocycles. The van der Waals surface area contributed by atoms with Crippen LogP contribution in [0.2, 0.25) is 0 Å². The number of nitrogens with one attached hydrogen (secondary N) is 2. The highest BCUT2D eigenvalue weighted by molar-refractivity contribution is 5.79. The van der Waals surface area contributed by atoms with Gasteiger partial charge in [-0.15, -0.1) is 0 Å². The van der Waals surface area contributed by atoms with Crippen molar-refractivity contribution in [2.45, 2.75) is 57.9 Å². The number of nitrogens with zero attached hydrogens (tertiary/aromatic N) is 3. The van der Waals surface area contributed by atoms with Gasteiger partial charge in [-0.2, -0.15) is 4.98 Å². The van der Waals surface area contributed by atoms with E-state index in [1.807, 2.05) is 33.8 Å². The van der Waals surface area contributed by atoms with E-state index in [4.69, 9.17) is 4.52 Å². The number of hydrogen-bond acceptors (Lipinski definition) is 4. The monoisotopic (exact) mass is 373 g/mol. The number of hydrogen-bond donors (Lipinski definition) is 2. The van der Waals surface area contributed by atoms with Crippen LogP contribution in [0.3, 0.4) is 0 Å². The molecular formula is C20H28FN5O. The molecule has 1 aliphatic rings. The second kappa shape index (κ2) is 7.66. The van der Waals surface area contributed by atoms with E-state index < -0.39 is 0 Å². The molecule has 1 fully saturated rings. The maximum absolute atomic E-state index is 13.6. The van der Waals surface area contributed by atoms with Crippen LogP contribution in [0, 0.1) is 5.82 Å². The minimum atomic E-state index is -0.189. The second-order valence-corrected chi connectivity index (χ2v) is 8.11. The van der Waals surface area contributed by atoms with E-state index in [9.17, 15) is 4.39 Å². The normalized spacial score (nSPS) is 16.3. The minimum Gasteiger partial charge on any atom is -0.357 e. The maximum atomic E-state index is 13.6. The lowest BCUT2D eigenvalue weighted by molar-refractivity contribution is 0.318. The predicted molar refractivity (Wildman–Crippen MR) is 103 cm³/mol. The van der Waals surface area contributed by atoms with Gasteiger partial charge in [-0.3, -0.25) is 0 Å². The molecule has 0 unspecified atom stereocenters. The molecule has 0 saturated heterocycles. The molecule has 2 N–H and O–H groups in total. The Morgan fingerprint density at radius 2 is 2.07 bits per heavy atom. The predicted octanol–water partition coefficient (Wildman–Crippen LogP) is 3.29. The minimum absolute atomic E-state index is 0.0101. The van der Waals surface area contributed by atoms with Crippen molar-refractivity contribution in [3.63, 3.8) is 0 Å². The van der Waals surface area contributed by atoms with Crippen LogP contribution in [0.25, 0.3) is 0 Å². The first-order valence-electron chi connectivity index (χ1n) is 9.44. The Morgan fingerprint density at radius 1 is 1.30 bits per heavy atom. The van der Waals surface area contributed by atoms with Crippen LogP contribution >= 0.6 is 0 Å². The van der Waals surface area contributed by atoms with Gasteiger partial charge in [-0.05, 0) is 37.5 Å². The smallest absolute Gasteiger partial charge is 0.232 e. The van der Waals surface area contributed by atoms with E-state index in [-0.39, 0.29) is 16.6 Å². The Kier molecular flexibility index (Phi) is 5.48. The van der Waals surface area contributed by atoms with Crippen LogP contribution in [0.5, 0.6) is 0 Å². The molecule has 0 spiro atoms. The van der Waals surface area contributed by atoms with E-state index >= 15 is 0 Å². The van der Waals surface area contributed by atoms with E-state index in [1.54, 1.807) is 12.1 Å². The van der Waals surface area contributed by atoms with Gasteiger partial charge in [0.2, 0.25) is 5.89 Å². The second-order valence-electron chi connectivity index (χ2n) is 8.11. The highest BCUT2D eigenvalue weighted by Gasteiger charge is 2.44. The third kappa shape index (κ3) is 4.84. The molecule has 27 heavy (non-hydrogen) atoms. The van der Waals surface area contributed by atoms with E-state index in [2.05, 4.69) is 25.8 Å². The fourth-order valence-electron chi connectivity index (χ4n) is 2.90. The molecule has 146 valence electrons. The summed E-state index contributed by atoms with van der Waals surface area (Å²) < 4.78 is 18.9. The molecule has 2 aromatic rings. The summed E-state index contributed by atoms with van der Waals surface area (Å²) in [5, 5.41) is 10.6. The summed E-state index contributed by atoms with van der Waals surface area (Å²) in [7, 11) is 0. The van der Waals surface area contributed by atoms with Crippen molar-refractivity contribution in [1.82, 2.24) is 20.8 Å². The summed E-state index contributed by atoms with van der Waals surface area (Å²) in [6, 6.07) is 6.88. The summed E-state index contributed by atoms with van der Waals surface area (Å²) in [5.41, 5.74) is 0.851. The third-order valence-electron chi connectivity index (χ3n) is 4.72. The Bertz CT molecular complexity index is 805. The van der Waals surface area contributed by atoms with Crippen molar-refractivity contribution in [2.24, 2.45) is 4.99 Å². The first kappa shape index (κ1) is 19.3. The molecule has 1 aliphatic carbocycles. The average molecular weight is 373 g/mol. The van der Waals surface area contributed by atoms with Crippen LogP contribution in [-0.4, -0.2) is 29.2 Å². The fraction of sp³-hybridized carbons (Fsp3) is 0.550. The number of aliphatic imine (C=N–C) groups is 1. The summed E-state index contributed by atoms with van der Waals surface area (Å²) >= 11 is 0. The molecule has 0 bridgehead atoms. The highest BCUT2D eigenvalue weighted by Crippen LogP contribution is 2.47. The molecule has 1 heterocycles. The molecule has 0 atom stereocenters. The molecule has 0 amide bonds. The Labute approximate surface area is 159 Å². The zero-order valence-electron chi connectivity index (χ0n) is 16.5. The number of halogens is 1. The van der Waals surface area contributed by atoms with Crippen LogP contribution in [-0.2, 0) is 17.4 Å². The zero-order chi connectivity index (χ0) is 19.5. The van der Waals surface area contributed by atoms with Crippen molar-refractivity contribution < 1.29 is 8.91 Å². The lowest BCUT2D eigenvalue weighted by Gasteiger charge is -2.19. The van der Waals surface area contributed by atoms with Crippen LogP contribution in [0.1, 0.15) is 57.8 Å². The molecule has 6 nitrogen and oxygen atoms in total. The van der Waals surface area contributed by atoms with Crippen LogP contribution < -0.4 is 10.6 Å². The van der Waals surface area contributed by atoms with Crippen molar-refractivity contribution in [3.05, 3.63) is 47.4 Å². The topological polar surface area (TPSA) is 75.3 Å². The van der Waals surface area contributed by atoms with Gasteiger partial charge in [0.05, 0.1) is 0 Å². The fourth-order valence-corrected chi connectivity index (χ4v) is 2.90. The quantitative estimate of drug-likeness (QED) is 0.600. The molecule has 0 radical (unpaired) electrons. The van der Waals surface area contributed by atoms with Gasteiger partial charge in [0.25, 0.3) is 0 Å². The molecular weight excluding hydrogens is 345 g/mol. The Balaban J connectivity index is 1.64. The van der Waals surface area contributed by atoms with Crippen LogP contribution in [0.4, 0.5) is 4.39 Å². The number of rotatable bonds is 6. The zero-order valence-corrected chi connectivity index (χ0v) is 16.5. The first-order valence-corrected chi connectivity index (χ1v) is 9.44. The van der Waals surface area contributed by atoms with Gasteiger partial charge in [0, 0.05) is 23.9 Å². The van der Waals surface area contributed by atoms with Gasteiger partial charge < -0.3 is 15.2 Å². The average Bonchev–Trinajstić information content (AvgIpc) is 3.25. The molecule has 1 aromatic heterocycles. The molecule has 1 aromatic carbocycles. The highest BCUT2D eigenvalue weighted by atomic mass is 19.1. The Hall–Kier alpha value is -2.44. The Morgan fingerprint density at radius 3 is 2.67 bits per heavy atom. The summed E-state index contributed by atoms with van der Waals surface area (Å²) in [4.78, 5) is 8.97. The number of guanidine groups is 1. The lowest BCUT2D eigenvalue weighted by atomic mass is 9.96. The summed E-state index contributed by atoms with van der Waals surface area (Å²) in [6.07, 6.45) is 2.09. The van der Waals surface area contributed by atoms with Crippen molar-refractivity contribution in [1.29, 1.82) is 0 Å².